The van der Waals surface area contributed by atoms with Crippen molar-refractivity contribution in [3.63, 3.8) is 0 Å². The van der Waals surface area contributed by atoms with Crippen LogP contribution >= 0.6 is 0 Å². The van der Waals surface area contributed by atoms with Crippen molar-refractivity contribution < 1.29 is 9.47 Å². The first kappa shape index (κ1) is 19.0. The molecule has 27 heavy (non-hydrogen) atoms. The first-order valence-electron chi connectivity index (χ1n) is 9.25. The van der Waals surface area contributed by atoms with Crippen molar-refractivity contribution in [2.75, 3.05) is 7.11 Å². The number of rotatable bonds is 8. The Bertz CT molecular complexity index is 855. The largest absolute Gasteiger partial charge is 0.493 e. The molecule has 3 heteroatoms. The van der Waals surface area contributed by atoms with Crippen LogP contribution in [0, 0.1) is 13.8 Å². The summed E-state index contributed by atoms with van der Waals surface area (Å²) in [6.07, 6.45) is 0. The lowest BCUT2D eigenvalue weighted by atomic mass is 10.1. The average Bonchev–Trinajstić information content (AvgIpc) is 2.69. The molecular weight excluding hydrogens is 334 g/mol. The van der Waals surface area contributed by atoms with Crippen LogP contribution in [0.3, 0.4) is 0 Å². The highest BCUT2D eigenvalue weighted by atomic mass is 16.5. The molecule has 3 rings (SSSR count). The molecule has 0 amide bonds. The van der Waals surface area contributed by atoms with Gasteiger partial charge in [0.1, 0.15) is 6.61 Å². The smallest absolute Gasteiger partial charge is 0.161 e. The van der Waals surface area contributed by atoms with Crippen molar-refractivity contribution in [2.45, 2.75) is 33.5 Å². The molecule has 0 aliphatic rings. The SMILES string of the molecule is COc1cc(CNCc2ccc(C)cc2)ccc1OCc1ccc(C)cc1. The van der Waals surface area contributed by atoms with Crippen LogP contribution in [0.2, 0.25) is 0 Å². The zero-order valence-electron chi connectivity index (χ0n) is 16.3. The standard InChI is InChI=1S/C24H27NO2/c1-18-4-8-20(9-5-18)15-25-16-22-12-13-23(24(14-22)26-3)27-17-21-10-6-19(2)7-11-21/h4-14,25H,15-17H2,1-3H3. The lowest BCUT2D eigenvalue weighted by Crippen LogP contribution is -2.12. The number of nitrogens with one attached hydrogen (secondary N) is 1. The van der Waals surface area contributed by atoms with E-state index in [9.17, 15) is 0 Å². The monoisotopic (exact) mass is 361 g/mol. The van der Waals surface area contributed by atoms with E-state index in [1.165, 1.54) is 22.3 Å². The Balaban J connectivity index is 1.56. The molecule has 0 fully saturated rings. The highest BCUT2D eigenvalue weighted by molar-refractivity contribution is 5.43. The molecule has 0 heterocycles. The van der Waals surface area contributed by atoms with Crippen LogP contribution in [0.25, 0.3) is 0 Å². The van der Waals surface area contributed by atoms with Gasteiger partial charge in [-0.15, -0.1) is 0 Å². The zero-order chi connectivity index (χ0) is 19.1. The molecule has 140 valence electrons. The number of ether oxygens (including phenoxy) is 2. The van der Waals surface area contributed by atoms with E-state index >= 15 is 0 Å². The summed E-state index contributed by atoms with van der Waals surface area (Å²) in [6, 6.07) is 23.1. The van der Waals surface area contributed by atoms with E-state index in [2.05, 4.69) is 73.8 Å². The van der Waals surface area contributed by atoms with E-state index in [-0.39, 0.29) is 0 Å². The van der Waals surface area contributed by atoms with E-state index in [0.29, 0.717) is 6.61 Å². The van der Waals surface area contributed by atoms with Gasteiger partial charge in [-0.2, -0.15) is 0 Å². The fourth-order valence-electron chi connectivity index (χ4n) is 2.84. The maximum absolute atomic E-state index is 5.95. The molecule has 0 aromatic heterocycles. The summed E-state index contributed by atoms with van der Waals surface area (Å²) in [6.45, 7) is 6.34. The van der Waals surface area contributed by atoms with Crippen LogP contribution in [0.5, 0.6) is 11.5 Å². The molecule has 0 spiro atoms. The van der Waals surface area contributed by atoms with Gasteiger partial charge in [-0.3, -0.25) is 0 Å². The Morgan fingerprint density at radius 1 is 0.667 bits per heavy atom. The Morgan fingerprint density at radius 2 is 1.22 bits per heavy atom. The van der Waals surface area contributed by atoms with Crippen LogP contribution in [-0.2, 0) is 19.7 Å². The number of hydrogen-bond donors (Lipinski definition) is 1. The molecule has 0 unspecified atom stereocenters. The van der Waals surface area contributed by atoms with Gasteiger partial charge >= 0.3 is 0 Å². The summed E-state index contributed by atoms with van der Waals surface area (Å²) >= 11 is 0. The normalized spacial score (nSPS) is 10.6. The van der Waals surface area contributed by atoms with E-state index in [4.69, 9.17) is 9.47 Å². The van der Waals surface area contributed by atoms with E-state index in [1.807, 2.05) is 12.1 Å². The number of hydrogen-bond acceptors (Lipinski definition) is 3. The number of aryl methyl sites for hydroxylation is 2. The van der Waals surface area contributed by atoms with Crippen LogP contribution in [-0.4, -0.2) is 7.11 Å². The maximum Gasteiger partial charge on any atom is 0.161 e. The van der Waals surface area contributed by atoms with Gasteiger partial charge in [0.15, 0.2) is 11.5 Å². The van der Waals surface area contributed by atoms with Crippen molar-refractivity contribution in [3.8, 4) is 11.5 Å². The summed E-state index contributed by atoms with van der Waals surface area (Å²) in [4.78, 5) is 0. The van der Waals surface area contributed by atoms with E-state index in [1.54, 1.807) is 7.11 Å². The van der Waals surface area contributed by atoms with Gasteiger partial charge in [0.2, 0.25) is 0 Å². The average molecular weight is 361 g/mol. The Kier molecular flexibility index (Phi) is 6.50. The van der Waals surface area contributed by atoms with Crippen LogP contribution in [0.15, 0.2) is 66.7 Å². The van der Waals surface area contributed by atoms with Crippen LogP contribution in [0.4, 0.5) is 0 Å². The van der Waals surface area contributed by atoms with E-state index in [0.717, 1.165) is 30.2 Å². The second kappa shape index (κ2) is 9.24. The third-order valence-corrected chi connectivity index (χ3v) is 4.52. The van der Waals surface area contributed by atoms with Gasteiger partial charge in [0.05, 0.1) is 7.11 Å². The molecule has 3 aromatic carbocycles. The predicted octanol–water partition coefficient (Wildman–Crippen LogP) is 5.18. The zero-order valence-corrected chi connectivity index (χ0v) is 16.3. The molecule has 0 saturated carbocycles. The van der Waals surface area contributed by atoms with Gasteiger partial charge < -0.3 is 14.8 Å². The number of methoxy groups -OCH3 is 1. The van der Waals surface area contributed by atoms with Crippen molar-refractivity contribution in [3.05, 3.63) is 94.5 Å². The second-order valence-electron chi connectivity index (χ2n) is 6.85. The Hall–Kier alpha value is -2.78. The number of benzene rings is 3. The summed E-state index contributed by atoms with van der Waals surface area (Å²) in [5.41, 5.74) is 6.13. The summed E-state index contributed by atoms with van der Waals surface area (Å²) in [5, 5.41) is 3.47. The fraction of sp³-hybridized carbons (Fsp3) is 0.250. The molecule has 0 atom stereocenters. The third kappa shape index (κ3) is 5.60. The minimum atomic E-state index is 0.529. The van der Waals surface area contributed by atoms with Crippen LogP contribution in [0.1, 0.15) is 27.8 Å². The van der Waals surface area contributed by atoms with Gasteiger partial charge in [-0.25, -0.2) is 0 Å². The predicted molar refractivity (Wildman–Crippen MR) is 110 cm³/mol. The minimum Gasteiger partial charge on any atom is -0.493 e. The minimum absolute atomic E-state index is 0.529. The molecule has 0 radical (unpaired) electrons. The van der Waals surface area contributed by atoms with Crippen molar-refractivity contribution in [1.29, 1.82) is 0 Å². The molecular formula is C24H27NO2. The summed E-state index contributed by atoms with van der Waals surface area (Å²) in [7, 11) is 1.68. The Labute approximate surface area is 162 Å². The lowest BCUT2D eigenvalue weighted by Gasteiger charge is -2.13. The van der Waals surface area contributed by atoms with Gasteiger partial charge in [-0.1, -0.05) is 65.7 Å². The second-order valence-corrected chi connectivity index (χ2v) is 6.85. The molecule has 3 nitrogen and oxygen atoms in total. The topological polar surface area (TPSA) is 30.5 Å². The summed E-state index contributed by atoms with van der Waals surface area (Å²) < 4.78 is 11.5. The molecule has 3 aromatic rings. The molecule has 1 N–H and O–H groups in total. The maximum atomic E-state index is 5.95. The molecule has 0 saturated heterocycles. The molecule has 0 bridgehead atoms. The first-order valence-corrected chi connectivity index (χ1v) is 9.25. The third-order valence-electron chi connectivity index (χ3n) is 4.52. The fourth-order valence-corrected chi connectivity index (χ4v) is 2.84. The Morgan fingerprint density at radius 3 is 1.85 bits per heavy atom. The van der Waals surface area contributed by atoms with Crippen molar-refractivity contribution >= 4 is 0 Å². The molecule has 0 aliphatic carbocycles. The van der Waals surface area contributed by atoms with Gasteiger partial charge in [0.25, 0.3) is 0 Å². The first-order chi connectivity index (χ1) is 13.1. The van der Waals surface area contributed by atoms with Gasteiger partial charge in [-0.05, 0) is 42.7 Å². The lowest BCUT2D eigenvalue weighted by molar-refractivity contribution is 0.284. The van der Waals surface area contributed by atoms with Crippen molar-refractivity contribution in [2.24, 2.45) is 0 Å². The van der Waals surface area contributed by atoms with Crippen LogP contribution < -0.4 is 14.8 Å². The van der Waals surface area contributed by atoms with Gasteiger partial charge in [0, 0.05) is 13.1 Å². The van der Waals surface area contributed by atoms with E-state index < -0.39 is 0 Å². The van der Waals surface area contributed by atoms with Crippen molar-refractivity contribution in [1.82, 2.24) is 5.32 Å². The highest BCUT2D eigenvalue weighted by Gasteiger charge is 2.06. The quantitative estimate of drug-likeness (QED) is 0.599. The molecule has 0 aliphatic heterocycles. The summed E-state index contributed by atoms with van der Waals surface area (Å²) in [5.74, 6) is 1.53. The highest BCUT2D eigenvalue weighted by Crippen LogP contribution is 2.29.